The smallest absolute Gasteiger partial charge is 0.251 e. The van der Waals surface area contributed by atoms with Gasteiger partial charge in [-0.3, -0.25) is 24.1 Å². The summed E-state index contributed by atoms with van der Waals surface area (Å²) in [6.45, 7) is 19.9. The standard InChI is InChI=1S/C50H65Cl2N7O6/c1-31(33-15-18-36(51)19-16-33)54-44(63)40-26-37(60)29-59(40)45(64)42(48(2,3)4)55-41(61)30-58-24-22-57(23-25-58)21-9-10-32-11-13-34(14-12-32)43(62)56-46-49(5,6)47(50(46,7)8)65-38-20-17-35(28-53)39(52)27-38/h11-20,27,31,37,40,42,46-47,60H,9-10,21-26,29-30H2,1-8H3,(H,54,63)(H,55,61)(H,56,62)/t31-,37+,40-,42+,46?,47?/m0/s1. The average Bonchev–Trinajstić information content (AvgIpc) is 3.65. The molecule has 2 heterocycles. The molecule has 0 aromatic heterocycles. The fourth-order valence-electron chi connectivity index (χ4n) is 9.99. The van der Waals surface area contributed by atoms with Crippen LogP contribution in [0, 0.1) is 27.6 Å². The molecule has 0 unspecified atom stereocenters. The highest BCUT2D eigenvalue weighted by Gasteiger charge is 2.64. The zero-order chi connectivity index (χ0) is 47.4. The third-order valence-electron chi connectivity index (χ3n) is 13.4. The molecule has 4 N–H and O–H groups in total. The molecule has 3 fully saturated rings. The van der Waals surface area contributed by atoms with Gasteiger partial charge in [0.25, 0.3) is 5.91 Å². The van der Waals surface area contributed by atoms with E-state index < -0.39 is 23.6 Å². The van der Waals surface area contributed by atoms with Crippen LogP contribution in [0.2, 0.25) is 10.0 Å². The molecule has 4 amide bonds. The third kappa shape index (κ3) is 11.8. The van der Waals surface area contributed by atoms with Crippen LogP contribution < -0.4 is 20.7 Å². The van der Waals surface area contributed by atoms with Crippen molar-refractivity contribution >= 4 is 46.8 Å². The van der Waals surface area contributed by atoms with Crippen LogP contribution in [0.4, 0.5) is 0 Å². The monoisotopic (exact) mass is 929 g/mol. The first-order chi connectivity index (χ1) is 30.6. The van der Waals surface area contributed by atoms with E-state index in [1.54, 1.807) is 30.3 Å². The van der Waals surface area contributed by atoms with Crippen molar-refractivity contribution in [1.29, 1.82) is 5.26 Å². The first-order valence-corrected chi connectivity index (χ1v) is 23.4. The first kappa shape index (κ1) is 49.7. The Hall–Kier alpha value is -4.71. The number of carbonyl (C=O) groups is 4. The second kappa shape index (κ2) is 20.4. The number of aliphatic hydroxyl groups excluding tert-OH is 1. The molecule has 4 atom stereocenters. The molecule has 2 aliphatic heterocycles. The van der Waals surface area contributed by atoms with Crippen LogP contribution in [0.1, 0.15) is 101 Å². The number of piperazine rings is 1. The molecule has 15 heteroatoms. The van der Waals surface area contributed by atoms with E-state index >= 15 is 0 Å². The van der Waals surface area contributed by atoms with Crippen molar-refractivity contribution in [2.24, 2.45) is 16.2 Å². The summed E-state index contributed by atoms with van der Waals surface area (Å²) in [7, 11) is 0. The Labute approximate surface area is 394 Å². The summed E-state index contributed by atoms with van der Waals surface area (Å²) in [6.07, 6.45) is 0.880. The average molecular weight is 931 g/mol. The van der Waals surface area contributed by atoms with Crippen molar-refractivity contribution in [2.75, 3.05) is 45.8 Å². The number of ether oxygens (including phenoxy) is 1. The van der Waals surface area contributed by atoms with Gasteiger partial charge in [-0.25, -0.2) is 0 Å². The van der Waals surface area contributed by atoms with E-state index in [-0.39, 0.29) is 72.2 Å². The van der Waals surface area contributed by atoms with Crippen molar-refractivity contribution in [3.05, 3.63) is 99.0 Å². The summed E-state index contributed by atoms with van der Waals surface area (Å²) in [5, 5.41) is 30.0. The van der Waals surface area contributed by atoms with E-state index in [0.717, 1.165) is 43.6 Å². The molecular formula is C50H65Cl2N7O6. The summed E-state index contributed by atoms with van der Waals surface area (Å²) in [5.41, 5.74) is 1.63. The molecule has 0 bridgehead atoms. The summed E-state index contributed by atoms with van der Waals surface area (Å²) >= 11 is 12.3. The Morgan fingerprint density at radius 2 is 1.54 bits per heavy atom. The zero-order valence-corrected chi connectivity index (χ0v) is 40.4. The SMILES string of the molecule is C[C@H](NC(=O)[C@@H]1C[C@@H](O)CN1C(=O)[C@@H](NC(=O)CN1CCN(CCCc2ccc(C(=O)NC3C(C)(C)C(Oc4ccc(C#N)c(Cl)c4)C3(C)C)cc2)CC1)C(C)(C)C)c1ccc(Cl)cc1. The number of nitriles is 1. The van der Waals surface area contributed by atoms with Crippen LogP contribution in [0.15, 0.2) is 66.7 Å². The number of nitrogens with zero attached hydrogens (tertiary/aromatic N) is 4. The number of amides is 4. The minimum absolute atomic E-state index is 0.00899. The quantitative estimate of drug-likeness (QED) is 0.135. The van der Waals surface area contributed by atoms with Crippen LogP contribution >= 0.6 is 23.2 Å². The number of β-amino-alcohol motifs (C(OH)–C–C–N with tert-alkyl or cyclic N) is 1. The number of likely N-dealkylation sites (tertiary alicyclic amines) is 1. The highest BCUT2D eigenvalue weighted by Crippen LogP contribution is 2.55. The molecule has 2 saturated heterocycles. The lowest BCUT2D eigenvalue weighted by atomic mass is 9.49. The number of hydrogen-bond acceptors (Lipinski definition) is 9. The largest absolute Gasteiger partial charge is 0.489 e. The van der Waals surface area contributed by atoms with Gasteiger partial charge in [0.1, 0.15) is 30.0 Å². The van der Waals surface area contributed by atoms with E-state index in [2.05, 4.69) is 59.5 Å². The van der Waals surface area contributed by atoms with Crippen LogP contribution in [0.5, 0.6) is 5.75 Å². The van der Waals surface area contributed by atoms with Crippen LogP contribution in [0.25, 0.3) is 0 Å². The number of halogens is 2. The van der Waals surface area contributed by atoms with Gasteiger partial charge < -0.3 is 35.6 Å². The molecule has 1 aliphatic carbocycles. The molecule has 13 nitrogen and oxygen atoms in total. The number of aryl methyl sites for hydroxylation is 1. The van der Waals surface area contributed by atoms with E-state index in [1.807, 2.05) is 64.1 Å². The Balaban J connectivity index is 0.923. The molecule has 0 spiro atoms. The lowest BCUT2D eigenvalue weighted by molar-refractivity contribution is -0.164. The summed E-state index contributed by atoms with van der Waals surface area (Å²) in [6, 6.07) is 19.9. The van der Waals surface area contributed by atoms with Gasteiger partial charge in [0.05, 0.1) is 29.3 Å². The van der Waals surface area contributed by atoms with Crippen molar-refractivity contribution in [3.8, 4) is 11.8 Å². The lowest BCUT2D eigenvalue weighted by Crippen LogP contribution is -2.74. The third-order valence-corrected chi connectivity index (χ3v) is 14.0. The van der Waals surface area contributed by atoms with Crippen LogP contribution in [0.3, 0.4) is 0 Å². The minimum atomic E-state index is -0.897. The molecule has 65 heavy (non-hydrogen) atoms. The van der Waals surface area contributed by atoms with E-state index in [4.69, 9.17) is 27.9 Å². The van der Waals surface area contributed by atoms with Gasteiger partial charge in [-0.2, -0.15) is 5.26 Å². The zero-order valence-electron chi connectivity index (χ0n) is 38.9. The topological polar surface area (TPSA) is 167 Å². The number of benzene rings is 3. The number of hydrogen-bond donors (Lipinski definition) is 4. The van der Waals surface area contributed by atoms with Crippen molar-refractivity contribution < 1.29 is 29.0 Å². The second-order valence-corrected chi connectivity index (χ2v) is 21.1. The van der Waals surface area contributed by atoms with Crippen molar-refractivity contribution in [1.82, 2.24) is 30.7 Å². The molecular weight excluding hydrogens is 865 g/mol. The summed E-state index contributed by atoms with van der Waals surface area (Å²) in [5.74, 6) is -0.550. The Kier molecular flexibility index (Phi) is 15.6. The summed E-state index contributed by atoms with van der Waals surface area (Å²) in [4.78, 5) is 60.4. The molecule has 1 saturated carbocycles. The maximum Gasteiger partial charge on any atom is 0.251 e. The van der Waals surface area contributed by atoms with Crippen molar-refractivity contribution in [3.63, 3.8) is 0 Å². The van der Waals surface area contributed by atoms with E-state index in [9.17, 15) is 29.5 Å². The van der Waals surface area contributed by atoms with Gasteiger partial charge in [-0.05, 0) is 79.3 Å². The maximum atomic E-state index is 14.1. The van der Waals surface area contributed by atoms with Crippen LogP contribution in [-0.2, 0) is 20.8 Å². The molecule has 350 valence electrons. The Morgan fingerprint density at radius 3 is 2.14 bits per heavy atom. The van der Waals surface area contributed by atoms with Gasteiger partial charge in [0.2, 0.25) is 17.7 Å². The number of carbonyl (C=O) groups excluding carboxylic acids is 4. The van der Waals surface area contributed by atoms with Gasteiger partial charge in [-0.15, -0.1) is 0 Å². The predicted octanol–water partition coefficient (Wildman–Crippen LogP) is 6.40. The normalized spacial score (nSPS) is 22.8. The second-order valence-electron chi connectivity index (χ2n) is 20.3. The van der Waals surface area contributed by atoms with E-state index in [1.165, 1.54) is 4.90 Å². The maximum absolute atomic E-state index is 14.1. The highest BCUT2D eigenvalue weighted by atomic mass is 35.5. The fourth-order valence-corrected chi connectivity index (χ4v) is 10.3. The van der Waals surface area contributed by atoms with Gasteiger partial charge in [0.15, 0.2) is 0 Å². The van der Waals surface area contributed by atoms with Gasteiger partial charge >= 0.3 is 0 Å². The van der Waals surface area contributed by atoms with Crippen LogP contribution in [-0.4, -0.2) is 120 Å². The fraction of sp³-hybridized carbons (Fsp3) is 0.540. The van der Waals surface area contributed by atoms with Gasteiger partial charge in [0, 0.05) is 72.7 Å². The molecule has 6 rings (SSSR count). The lowest BCUT2D eigenvalue weighted by Gasteiger charge is -2.63. The molecule has 0 radical (unpaired) electrons. The minimum Gasteiger partial charge on any atom is -0.489 e. The Bertz CT molecular complexity index is 2220. The van der Waals surface area contributed by atoms with Crippen molar-refractivity contribution in [2.45, 2.75) is 111 Å². The number of aliphatic hydroxyl groups is 1. The molecule has 3 aromatic carbocycles. The highest BCUT2D eigenvalue weighted by molar-refractivity contribution is 6.31. The first-order valence-electron chi connectivity index (χ1n) is 22.6. The Morgan fingerprint density at radius 1 is 0.908 bits per heavy atom. The molecule has 3 aromatic rings. The predicted molar refractivity (Wildman–Crippen MR) is 253 cm³/mol. The molecule has 3 aliphatic rings. The summed E-state index contributed by atoms with van der Waals surface area (Å²) < 4.78 is 6.37. The van der Waals surface area contributed by atoms with Gasteiger partial charge in [-0.1, -0.05) is 95.9 Å². The number of rotatable bonds is 15. The number of nitrogens with one attached hydrogen (secondary N) is 3. The van der Waals surface area contributed by atoms with E-state index in [0.29, 0.717) is 40.0 Å².